The molecule has 20 heavy (non-hydrogen) atoms. The van der Waals surface area contributed by atoms with Crippen molar-refractivity contribution in [2.24, 2.45) is 5.92 Å². The van der Waals surface area contributed by atoms with E-state index in [1.165, 1.54) is 0 Å². The van der Waals surface area contributed by atoms with Gasteiger partial charge in [0.15, 0.2) is 0 Å². The third-order valence-electron chi connectivity index (χ3n) is 3.21. The third kappa shape index (κ3) is 5.21. The van der Waals surface area contributed by atoms with Crippen molar-refractivity contribution < 1.29 is 4.79 Å². The summed E-state index contributed by atoms with van der Waals surface area (Å²) in [6, 6.07) is 5.91. The summed E-state index contributed by atoms with van der Waals surface area (Å²) in [6.07, 6.45) is 0. The average Bonchev–Trinajstić information content (AvgIpc) is 2.32. The van der Waals surface area contributed by atoms with Crippen molar-refractivity contribution in [3.05, 3.63) is 23.8 Å². The van der Waals surface area contributed by atoms with Gasteiger partial charge in [0.2, 0.25) is 5.91 Å². The van der Waals surface area contributed by atoms with E-state index in [2.05, 4.69) is 37.9 Å². The summed E-state index contributed by atoms with van der Waals surface area (Å²) in [5, 5.41) is 2.95. The molecule has 0 unspecified atom stereocenters. The average molecular weight is 277 g/mol. The van der Waals surface area contributed by atoms with Gasteiger partial charge in [0.25, 0.3) is 0 Å². The Labute approximate surface area is 122 Å². The molecule has 4 heteroatoms. The summed E-state index contributed by atoms with van der Waals surface area (Å²) in [4.78, 5) is 14.4. The van der Waals surface area contributed by atoms with Crippen LogP contribution in [0.2, 0.25) is 0 Å². The SMILES string of the molecule is Cc1ccc(N)cc1NC(=O)CN(CC(C)C)C(C)C. The van der Waals surface area contributed by atoms with E-state index in [0.717, 1.165) is 17.8 Å². The number of nitrogen functional groups attached to an aromatic ring is 1. The van der Waals surface area contributed by atoms with Gasteiger partial charge in [-0.2, -0.15) is 0 Å². The molecule has 0 saturated heterocycles. The molecule has 0 fully saturated rings. The van der Waals surface area contributed by atoms with Crippen molar-refractivity contribution in [1.29, 1.82) is 0 Å². The zero-order valence-electron chi connectivity index (χ0n) is 13.2. The summed E-state index contributed by atoms with van der Waals surface area (Å²) < 4.78 is 0. The molecule has 1 aromatic rings. The van der Waals surface area contributed by atoms with E-state index >= 15 is 0 Å². The van der Waals surface area contributed by atoms with Crippen molar-refractivity contribution in [3.63, 3.8) is 0 Å². The van der Waals surface area contributed by atoms with Gasteiger partial charge in [-0.3, -0.25) is 9.69 Å². The Morgan fingerprint density at radius 3 is 2.50 bits per heavy atom. The molecule has 0 aliphatic carbocycles. The van der Waals surface area contributed by atoms with Crippen molar-refractivity contribution in [3.8, 4) is 0 Å². The molecule has 1 aromatic carbocycles. The van der Waals surface area contributed by atoms with Crippen LogP contribution in [-0.2, 0) is 4.79 Å². The molecule has 0 bridgehead atoms. The molecule has 0 spiro atoms. The minimum absolute atomic E-state index is 0.00745. The first-order valence-corrected chi connectivity index (χ1v) is 7.19. The molecule has 0 aromatic heterocycles. The van der Waals surface area contributed by atoms with Crippen LogP contribution in [0.1, 0.15) is 33.3 Å². The number of nitrogens with one attached hydrogen (secondary N) is 1. The summed E-state index contributed by atoms with van der Waals surface area (Å²) in [7, 11) is 0. The molecule has 1 amide bonds. The van der Waals surface area contributed by atoms with Crippen LogP contribution in [0, 0.1) is 12.8 Å². The van der Waals surface area contributed by atoms with E-state index in [-0.39, 0.29) is 5.91 Å². The Morgan fingerprint density at radius 1 is 1.30 bits per heavy atom. The number of amides is 1. The Bertz CT molecular complexity index is 455. The molecular formula is C16H27N3O. The van der Waals surface area contributed by atoms with Gasteiger partial charge in [0.05, 0.1) is 6.54 Å². The molecule has 0 atom stereocenters. The van der Waals surface area contributed by atoms with E-state index < -0.39 is 0 Å². The first-order valence-electron chi connectivity index (χ1n) is 7.19. The third-order valence-corrected chi connectivity index (χ3v) is 3.21. The molecule has 3 N–H and O–H groups in total. The highest BCUT2D eigenvalue weighted by molar-refractivity contribution is 5.93. The smallest absolute Gasteiger partial charge is 0.238 e. The van der Waals surface area contributed by atoms with E-state index in [4.69, 9.17) is 5.73 Å². The Hall–Kier alpha value is -1.55. The van der Waals surface area contributed by atoms with Crippen molar-refractivity contribution in [2.75, 3.05) is 24.1 Å². The second-order valence-electron chi connectivity index (χ2n) is 6.04. The van der Waals surface area contributed by atoms with Gasteiger partial charge in [-0.1, -0.05) is 19.9 Å². The molecule has 1 rings (SSSR count). The number of nitrogens with two attached hydrogens (primary N) is 1. The summed E-state index contributed by atoms with van der Waals surface area (Å²) in [5.74, 6) is 0.548. The first kappa shape index (κ1) is 16.5. The number of benzene rings is 1. The predicted molar refractivity (Wildman–Crippen MR) is 85.8 cm³/mol. The lowest BCUT2D eigenvalue weighted by Gasteiger charge is -2.27. The molecule has 0 aliphatic heterocycles. The van der Waals surface area contributed by atoms with Gasteiger partial charge in [0, 0.05) is 24.0 Å². The second kappa shape index (κ2) is 7.29. The number of rotatable bonds is 6. The Morgan fingerprint density at radius 2 is 1.95 bits per heavy atom. The van der Waals surface area contributed by atoms with Gasteiger partial charge >= 0.3 is 0 Å². The van der Waals surface area contributed by atoms with Crippen LogP contribution in [-0.4, -0.2) is 29.9 Å². The summed E-state index contributed by atoms with van der Waals surface area (Å²) >= 11 is 0. The van der Waals surface area contributed by atoms with E-state index in [1.807, 2.05) is 19.1 Å². The fraction of sp³-hybridized carbons (Fsp3) is 0.562. The fourth-order valence-electron chi connectivity index (χ4n) is 2.08. The molecule has 4 nitrogen and oxygen atoms in total. The fourth-order valence-corrected chi connectivity index (χ4v) is 2.08. The van der Waals surface area contributed by atoms with E-state index in [0.29, 0.717) is 24.2 Å². The molecule has 0 radical (unpaired) electrons. The van der Waals surface area contributed by atoms with Gasteiger partial charge < -0.3 is 11.1 Å². The molecule has 0 saturated carbocycles. The number of carbonyl (C=O) groups excluding carboxylic acids is 1. The highest BCUT2D eigenvalue weighted by atomic mass is 16.2. The van der Waals surface area contributed by atoms with Gasteiger partial charge in [-0.15, -0.1) is 0 Å². The van der Waals surface area contributed by atoms with Gasteiger partial charge in [-0.05, 0) is 44.4 Å². The number of nitrogens with zero attached hydrogens (tertiary/aromatic N) is 1. The van der Waals surface area contributed by atoms with E-state index in [9.17, 15) is 4.79 Å². The quantitative estimate of drug-likeness (QED) is 0.786. The maximum absolute atomic E-state index is 12.2. The first-order chi connectivity index (χ1) is 9.29. The van der Waals surface area contributed by atoms with Crippen molar-refractivity contribution in [2.45, 2.75) is 40.7 Å². The minimum atomic E-state index is 0.00745. The molecule has 0 heterocycles. The number of aryl methyl sites for hydroxylation is 1. The lowest BCUT2D eigenvalue weighted by Crippen LogP contribution is -2.40. The van der Waals surface area contributed by atoms with Crippen LogP contribution in [0.4, 0.5) is 11.4 Å². The maximum Gasteiger partial charge on any atom is 0.238 e. The predicted octanol–water partition coefficient (Wildman–Crippen LogP) is 2.88. The summed E-state index contributed by atoms with van der Waals surface area (Å²) in [5.41, 5.74) is 8.23. The van der Waals surface area contributed by atoms with Crippen LogP contribution in [0.5, 0.6) is 0 Å². The zero-order chi connectivity index (χ0) is 15.3. The zero-order valence-corrected chi connectivity index (χ0v) is 13.2. The van der Waals surface area contributed by atoms with Crippen LogP contribution in [0.3, 0.4) is 0 Å². The van der Waals surface area contributed by atoms with Crippen molar-refractivity contribution in [1.82, 2.24) is 4.90 Å². The number of carbonyl (C=O) groups is 1. The largest absolute Gasteiger partial charge is 0.399 e. The highest BCUT2D eigenvalue weighted by Gasteiger charge is 2.15. The minimum Gasteiger partial charge on any atom is -0.399 e. The standard InChI is InChI=1S/C16H27N3O/c1-11(2)9-19(12(3)4)10-16(20)18-15-8-14(17)7-6-13(15)5/h6-8,11-12H,9-10,17H2,1-5H3,(H,18,20). The number of anilines is 2. The Balaban J connectivity index is 2.68. The van der Waals surface area contributed by atoms with Gasteiger partial charge in [-0.25, -0.2) is 0 Å². The van der Waals surface area contributed by atoms with Crippen molar-refractivity contribution >= 4 is 17.3 Å². The molecule has 0 aliphatic rings. The normalized spacial score (nSPS) is 11.4. The molecular weight excluding hydrogens is 250 g/mol. The number of hydrogen-bond donors (Lipinski definition) is 2. The highest BCUT2D eigenvalue weighted by Crippen LogP contribution is 2.18. The number of hydrogen-bond acceptors (Lipinski definition) is 3. The van der Waals surface area contributed by atoms with Crippen LogP contribution in [0.15, 0.2) is 18.2 Å². The maximum atomic E-state index is 12.2. The Kier molecular flexibility index (Phi) is 6.02. The topological polar surface area (TPSA) is 58.4 Å². The van der Waals surface area contributed by atoms with E-state index in [1.54, 1.807) is 6.07 Å². The molecule has 112 valence electrons. The van der Waals surface area contributed by atoms with Crippen LogP contribution < -0.4 is 11.1 Å². The lowest BCUT2D eigenvalue weighted by molar-refractivity contribution is -0.117. The van der Waals surface area contributed by atoms with Crippen LogP contribution >= 0.6 is 0 Å². The monoisotopic (exact) mass is 277 g/mol. The van der Waals surface area contributed by atoms with Crippen LogP contribution in [0.25, 0.3) is 0 Å². The second-order valence-corrected chi connectivity index (χ2v) is 6.04. The van der Waals surface area contributed by atoms with Gasteiger partial charge in [0.1, 0.15) is 0 Å². The lowest BCUT2D eigenvalue weighted by atomic mass is 10.1. The summed E-state index contributed by atoms with van der Waals surface area (Å²) in [6.45, 7) is 11.8.